The van der Waals surface area contributed by atoms with E-state index < -0.39 is 10.0 Å². The van der Waals surface area contributed by atoms with Crippen LogP contribution >= 0.6 is 0 Å². The van der Waals surface area contributed by atoms with E-state index in [-0.39, 0.29) is 22.1 Å². The number of carbonyl (C=O) groups is 1. The van der Waals surface area contributed by atoms with Gasteiger partial charge < -0.3 is 5.11 Å². The van der Waals surface area contributed by atoms with Crippen molar-refractivity contribution < 1.29 is 18.3 Å². The van der Waals surface area contributed by atoms with Crippen LogP contribution in [0.3, 0.4) is 0 Å². The van der Waals surface area contributed by atoms with Crippen LogP contribution in [0.15, 0.2) is 83.8 Å². The number of carbonyl (C=O) groups excluding carboxylic acids is 1. The van der Waals surface area contributed by atoms with Crippen LogP contribution in [0.2, 0.25) is 0 Å². The zero-order valence-electron chi connectivity index (χ0n) is 15.2. The maximum absolute atomic E-state index is 12.5. The van der Waals surface area contributed by atoms with E-state index in [1.807, 2.05) is 13.0 Å². The van der Waals surface area contributed by atoms with Crippen molar-refractivity contribution in [3.63, 3.8) is 0 Å². The van der Waals surface area contributed by atoms with E-state index in [2.05, 4.69) is 4.72 Å². The van der Waals surface area contributed by atoms with Crippen molar-refractivity contribution in [1.82, 2.24) is 0 Å². The number of aryl methyl sites for hydroxylation is 1. The summed E-state index contributed by atoms with van der Waals surface area (Å²) < 4.78 is 27.5. The molecule has 2 N–H and O–H groups in total. The first-order valence-electron chi connectivity index (χ1n) is 8.55. The Kier molecular flexibility index (Phi) is 5.61. The van der Waals surface area contributed by atoms with E-state index in [1.165, 1.54) is 30.3 Å². The molecule has 3 aromatic carbocycles. The number of phenolic OH excluding ortho intramolecular Hbond substituents is 1. The van der Waals surface area contributed by atoms with Crippen molar-refractivity contribution in [3.05, 3.63) is 95.6 Å². The number of nitrogens with one attached hydrogen (secondary N) is 1. The molecule has 0 amide bonds. The highest BCUT2D eigenvalue weighted by molar-refractivity contribution is 7.92. The molecule has 0 spiro atoms. The number of benzene rings is 3. The van der Waals surface area contributed by atoms with Crippen LogP contribution in [0.1, 0.15) is 21.5 Å². The predicted molar refractivity (Wildman–Crippen MR) is 110 cm³/mol. The summed E-state index contributed by atoms with van der Waals surface area (Å²) >= 11 is 0. The molecule has 28 heavy (non-hydrogen) atoms. The number of allylic oxidation sites excluding steroid dienone is 1. The Balaban J connectivity index is 1.82. The Bertz CT molecular complexity index is 1120. The highest BCUT2D eigenvalue weighted by Crippen LogP contribution is 2.27. The summed E-state index contributed by atoms with van der Waals surface area (Å²) in [4.78, 5) is 12.3. The maximum Gasteiger partial charge on any atom is 0.262 e. The number of hydrogen-bond donors (Lipinski definition) is 2. The Morgan fingerprint density at radius 2 is 1.64 bits per heavy atom. The van der Waals surface area contributed by atoms with Gasteiger partial charge in [-0.15, -0.1) is 0 Å². The van der Waals surface area contributed by atoms with E-state index in [0.717, 1.165) is 5.56 Å². The highest BCUT2D eigenvalue weighted by atomic mass is 32.2. The number of anilines is 1. The lowest BCUT2D eigenvalue weighted by Crippen LogP contribution is -2.13. The topological polar surface area (TPSA) is 83.5 Å². The van der Waals surface area contributed by atoms with Crippen LogP contribution in [0.4, 0.5) is 5.69 Å². The largest absolute Gasteiger partial charge is 0.506 e. The molecule has 142 valence electrons. The zero-order chi connectivity index (χ0) is 20.1. The summed E-state index contributed by atoms with van der Waals surface area (Å²) in [6.45, 7) is 1.86. The molecule has 3 rings (SSSR count). The van der Waals surface area contributed by atoms with Crippen LogP contribution in [-0.2, 0) is 10.0 Å². The molecule has 5 nitrogen and oxygen atoms in total. The van der Waals surface area contributed by atoms with Crippen LogP contribution in [-0.4, -0.2) is 19.3 Å². The summed E-state index contributed by atoms with van der Waals surface area (Å²) in [6.07, 6.45) is 2.97. The smallest absolute Gasteiger partial charge is 0.262 e. The molecule has 0 unspecified atom stereocenters. The summed E-state index contributed by atoms with van der Waals surface area (Å²) in [5, 5.41) is 10.0. The van der Waals surface area contributed by atoms with Crippen LogP contribution in [0, 0.1) is 6.92 Å². The van der Waals surface area contributed by atoms with Gasteiger partial charge in [-0.2, -0.15) is 0 Å². The van der Waals surface area contributed by atoms with Crippen LogP contribution < -0.4 is 4.72 Å². The number of hydrogen-bond acceptors (Lipinski definition) is 4. The number of rotatable bonds is 6. The molecule has 0 saturated carbocycles. The number of sulfonamides is 1. The van der Waals surface area contributed by atoms with E-state index in [1.54, 1.807) is 48.5 Å². The molecule has 0 atom stereocenters. The van der Waals surface area contributed by atoms with E-state index in [4.69, 9.17) is 0 Å². The standard InChI is InChI=1S/C22H19NO4S/c1-16-7-11-19(12-8-16)28(26,27)23-20-15-17(10-14-22(20)25)9-13-21(24)18-5-3-2-4-6-18/h2-15,23,25H,1H3/b13-9+. The monoisotopic (exact) mass is 393 g/mol. The van der Waals surface area contributed by atoms with Crippen molar-refractivity contribution in [3.8, 4) is 5.75 Å². The van der Waals surface area contributed by atoms with Crippen LogP contribution in [0.25, 0.3) is 6.08 Å². The third-order valence-electron chi connectivity index (χ3n) is 4.08. The molecular weight excluding hydrogens is 374 g/mol. The van der Waals surface area contributed by atoms with Gasteiger partial charge in [0, 0.05) is 5.56 Å². The number of ketones is 1. The van der Waals surface area contributed by atoms with Gasteiger partial charge in [0.2, 0.25) is 0 Å². The summed E-state index contributed by atoms with van der Waals surface area (Å²) in [5.74, 6) is -0.377. The minimum atomic E-state index is -3.84. The summed E-state index contributed by atoms with van der Waals surface area (Å²) in [7, 11) is -3.84. The molecule has 3 aromatic rings. The quantitative estimate of drug-likeness (QED) is 0.369. The van der Waals surface area contributed by atoms with E-state index >= 15 is 0 Å². The molecule has 0 heterocycles. The fraction of sp³-hybridized carbons (Fsp3) is 0.0455. The second-order valence-corrected chi connectivity index (χ2v) is 7.94. The van der Waals surface area contributed by atoms with Crippen molar-refractivity contribution in [2.75, 3.05) is 4.72 Å². The lowest BCUT2D eigenvalue weighted by atomic mass is 10.1. The first-order valence-corrected chi connectivity index (χ1v) is 10.0. The molecule has 0 aliphatic carbocycles. The Morgan fingerprint density at radius 3 is 2.32 bits per heavy atom. The predicted octanol–water partition coefficient (Wildman–Crippen LogP) is 4.40. The van der Waals surface area contributed by atoms with Gasteiger partial charge in [0.05, 0.1) is 10.6 Å². The van der Waals surface area contributed by atoms with Gasteiger partial charge in [0.1, 0.15) is 5.75 Å². The molecule has 6 heteroatoms. The molecule has 0 saturated heterocycles. The second-order valence-electron chi connectivity index (χ2n) is 6.26. The first kappa shape index (κ1) is 19.4. The van der Waals surface area contributed by atoms with Crippen molar-refractivity contribution in [1.29, 1.82) is 0 Å². The number of aromatic hydroxyl groups is 1. The van der Waals surface area contributed by atoms with Crippen molar-refractivity contribution >= 4 is 27.6 Å². The van der Waals surface area contributed by atoms with E-state index in [9.17, 15) is 18.3 Å². The Morgan fingerprint density at radius 1 is 0.964 bits per heavy atom. The highest BCUT2D eigenvalue weighted by Gasteiger charge is 2.16. The van der Waals surface area contributed by atoms with Crippen molar-refractivity contribution in [2.24, 2.45) is 0 Å². The number of phenols is 1. The molecule has 0 aromatic heterocycles. The lowest BCUT2D eigenvalue weighted by Gasteiger charge is -2.10. The molecule has 0 bridgehead atoms. The van der Waals surface area contributed by atoms with Gasteiger partial charge in [-0.05, 0) is 42.8 Å². The maximum atomic E-state index is 12.5. The molecular formula is C22H19NO4S. The van der Waals surface area contributed by atoms with Crippen molar-refractivity contribution in [2.45, 2.75) is 11.8 Å². The summed E-state index contributed by atoms with van der Waals surface area (Å²) in [6, 6.07) is 19.6. The third-order valence-corrected chi connectivity index (χ3v) is 5.46. The molecule has 0 aliphatic rings. The van der Waals surface area contributed by atoms with Gasteiger partial charge in [-0.1, -0.05) is 60.2 Å². The van der Waals surface area contributed by atoms with Gasteiger partial charge in [0.25, 0.3) is 10.0 Å². The average Bonchev–Trinajstić information content (AvgIpc) is 2.69. The zero-order valence-corrected chi connectivity index (χ0v) is 16.0. The fourth-order valence-corrected chi connectivity index (χ4v) is 3.60. The Hall–Kier alpha value is -3.38. The van der Waals surface area contributed by atoms with Gasteiger partial charge >= 0.3 is 0 Å². The second kappa shape index (κ2) is 8.10. The minimum Gasteiger partial charge on any atom is -0.506 e. The Labute approximate surface area is 164 Å². The molecule has 0 fully saturated rings. The molecule has 0 aliphatic heterocycles. The van der Waals surface area contributed by atoms with Crippen LogP contribution in [0.5, 0.6) is 5.75 Å². The normalized spacial score (nSPS) is 11.5. The lowest BCUT2D eigenvalue weighted by molar-refractivity contribution is 0.104. The SMILES string of the molecule is Cc1ccc(S(=O)(=O)Nc2cc(/C=C/C(=O)c3ccccc3)ccc2O)cc1. The third kappa shape index (κ3) is 4.66. The molecule has 0 radical (unpaired) electrons. The summed E-state index contributed by atoms with van der Waals surface area (Å²) in [5.41, 5.74) is 2.11. The first-order chi connectivity index (χ1) is 13.3. The average molecular weight is 393 g/mol. The van der Waals surface area contributed by atoms with Gasteiger partial charge in [-0.25, -0.2) is 8.42 Å². The minimum absolute atomic E-state index is 0.0369. The van der Waals surface area contributed by atoms with Gasteiger partial charge in [-0.3, -0.25) is 9.52 Å². The van der Waals surface area contributed by atoms with E-state index in [0.29, 0.717) is 11.1 Å². The fourth-order valence-electron chi connectivity index (χ4n) is 2.53. The van der Waals surface area contributed by atoms with Gasteiger partial charge in [0.15, 0.2) is 5.78 Å².